The first kappa shape index (κ1) is 14.3. The predicted molar refractivity (Wildman–Crippen MR) is 68.4 cm³/mol. The summed E-state index contributed by atoms with van der Waals surface area (Å²) < 4.78 is 0.294. The number of hydrogen-bond acceptors (Lipinski definition) is 5. The van der Waals surface area contributed by atoms with Gasteiger partial charge in [-0.05, 0) is 0 Å². The third-order valence-electron chi connectivity index (χ3n) is 2.04. The Kier molecular flexibility index (Phi) is 4.56. The zero-order valence-corrected chi connectivity index (χ0v) is 11.4. The van der Waals surface area contributed by atoms with Gasteiger partial charge in [-0.2, -0.15) is 0 Å². The van der Waals surface area contributed by atoms with Gasteiger partial charge in [0.2, 0.25) is 5.91 Å². The van der Waals surface area contributed by atoms with Crippen LogP contribution in [0, 0.1) is 10.1 Å². The maximum atomic E-state index is 11.3. The molecular formula is C8H10ClN5O3S. The van der Waals surface area contributed by atoms with Gasteiger partial charge >= 0.3 is 0 Å². The fourth-order valence-corrected chi connectivity index (χ4v) is 1.96. The highest BCUT2D eigenvalue weighted by Gasteiger charge is 2.22. The number of guanidine groups is 1. The van der Waals surface area contributed by atoms with Gasteiger partial charge in [-0.1, -0.05) is 22.9 Å². The number of carbonyl (C=O) groups excluding carboxylic acids is 1. The Morgan fingerprint density at radius 1 is 1.61 bits per heavy atom. The average Bonchev–Trinajstić information content (AvgIpc) is 2.70. The second-order valence-electron chi connectivity index (χ2n) is 3.23. The van der Waals surface area contributed by atoms with Crippen molar-refractivity contribution in [2.75, 3.05) is 19.0 Å². The smallest absolute Gasteiger partial charge is 0.285 e. The number of hydrogen-bond donors (Lipinski definition) is 0. The average molecular weight is 292 g/mol. The van der Waals surface area contributed by atoms with Crippen molar-refractivity contribution in [1.82, 2.24) is 9.88 Å². The van der Waals surface area contributed by atoms with E-state index in [1.54, 1.807) is 0 Å². The lowest BCUT2D eigenvalue weighted by Gasteiger charge is -2.22. The van der Waals surface area contributed by atoms with Crippen LogP contribution in [0.25, 0.3) is 0 Å². The molecule has 0 bridgehead atoms. The van der Waals surface area contributed by atoms with Crippen LogP contribution in [0.1, 0.15) is 6.92 Å². The van der Waals surface area contributed by atoms with E-state index in [4.69, 9.17) is 11.6 Å². The Balaban J connectivity index is 3.11. The van der Waals surface area contributed by atoms with Crippen molar-refractivity contribution in [3.8, 4) is 0 Å². The molecule has 0 aliphatic rings. The number of anilines is 1. The van der Waals surface area contributed by atoms with E-state index in [9.17, 15) is 14.9 Å². The molecular weight excluding hydrogens is 282 g/mol. The van der Waals surface area contributed by atoms with E-state index in [-0.39, 0.29) is 11.9 Å². The molecule has 0 radical (unpaired) electrons. The van der Waals surface area contributed by atoms with E-state index in [2.05, 4.69) is 10.1 Å². The molecule has 0 N–H and O–H groups in total. The van der Waals surface area contributed by atoms with Crippen LogP contribution in [0.4, 0.5) is 5.00 Å². The third kappa shape index (κ3) is 3.37. The van der Waals surface area contributed by atoms with Crippen LogP contribution in [0.3, 0.4) is 0 Å². The quantitative estimate of drug-likeness (QED) is 0.354. The largest absolute Gasteiger partial charge is 0.300 e. The Morgan fingerprint density at radius 2 is 2.22 bits per heavy atom. The number of amides is 1. The number of rotatable bonds is 2. The van der Waals surface area contributed by atoms with Crippen molar-refractivity contribution >= 4 is 39.8 Å². The number of thiazole rings is 1. The monoisotopic (exact) mass is 291 g/mol. The van der Waals surface area contributed by atoms with Crippen LogP contribution < -0.4 is 4.90 Å². The summed E-state index contributed by atoms with van der Waals surface area (Å²) in [6.45, 7) is 1.28. The van der Waals surface area contributed by atoms with E-state index >= 15 is 0 Å². The number of halogens is 1. The number of nitro groups is 1. The summed E-state index contributed by atoms with van der Waals surface area (Å²) >= 11 is 6.80. The molecule has 1 rings (SSSR count). The van der Waals surface area contributed by atoms with Crippen molar-refractivity contribution in [1.29, 1.82) is 0 Å². The summed E-state index contributed by atoms with van der Waals surface area (Å²) in [5, 5.41) is 13.4. The first-order valence-electron chi connectivity index (χ1n) is 4.65. The minimum absolute atomic E-state index is 0.118. The van der Waals surface area contributed by atoms with Crippen LogP contribution in [-0.2, 0) is 4.79 Å². The molecule has 0 aliphatic heterocycles. The van der Waals surface area contributed by atoms with E-state index in [1.807, 2.05) is 0 Å². The molecule has 1 aromatic rings. The van der Waals surface area contributed by atoms with Crippen LogP contribution >= 0.6 is 22.9 Å². The Hall–Kier alpha value is -1.74. The molecule has 1 heterocycles. The topological polar surface area (TPSA) is 91.9 Å². The summed E-state index contributed by atoms with van der Waals surface area (Å²) in [6.07, 6.45) is 1.44. The van der Waals surface area contributed by atoms with Crippen molar-refractivity contribution in [3.05, 3.63) is 20.8 Å². The van der Waals surface area contributed by atoms with Crippen LogP contribution in [0.15, 0.2) is 11.3 Å². The number of nitrogens with zero attached hydrogens (tertiary/aromatic N) is 5. The van der Waals surface area contributed by atoms with Crippen molar-refractivity contribution in [3.63, 3.8) is 0 Å². The first-order chi connectivity index (χ1) is 8.32. The number of carbonyl (C=O) groups is 1. The van der Waals surface area contributed by atoms with Crippen molar-refractivity contribution in [2.24, 2.45) is 5.10 Å². The highest BCUT2D eigenvalue weighted by Crippen LogP contribution is 2.26. The Labute approximate surface area is 112 Å². The predicted octanol–water partition coefficient (Wildman–Crippen LogP) is 1.26. The maximum Gasteiger partial charge on any atom is 0.285 e. The molecule has 0 aliphatic carbocycles. The van der Waals surface area contributed by atoms with Gasteiger partial charge in [-0.3, -0.25) is 9.69 Å². The van der Waals surface area contributed by atoms with Gasteiger partial charge in [0.25, 0.3) is 5.96 Å². The van der Waals surface area contributed by atoms with E-state index in [1.165, 1.54) is 32.1 Å². The molecule has 10 heteroatoms. The van der Waals surface area contributed by atoms with E-state index < -0.39 is 5.03 Å². The summed E-state index contributed by atoms with van der Waals surface area (Å²) in [5.74, 6) is -0.495. The molecule has 0 atom stereocenters. The van der Waals surface area contributed by atoms with Gasteiger partial charge in [0.1, 0.15) is 10.1 Å². The molecule has 18 heavy (non-hydrogen) atoms. The summed E-state index contributed by atoms with van der Waals surface area (Å²) in [5.41, 5.74) is 0. The van der Waals surface area contributed by atoms with Gasteiger partial charge in [0.15, 0.2) is 9.50 Å². The molecule has 1 amide bonds. The highest BCUT2D eigenvalue weighted by atomic mass is 35.5. The fourth-order valence-electron chi connectivity index (χ4n) is 1.07. The zero-order chi connectivity index (χ0) is 13.9. The van der Waals surface area contributed by atoms with Crippen LogP contribution in [0.5, 0.6) is 0 Å². The van der Waals surface area contributed by atoms with Crippen molar-refractivity contribution in [2.45, 2.75) is 6.92 Å². The SMILES string of the molecule is CC(=O)N(C)C(=N[N+](=O)[O-])N(C)c1cnc(Cl)s1. The summed E-state index contributed by atoms with van der Waals surface area (Å²) in [6, 6.07) is 0. The number of hydrazone groups is 1. The minimum atomic E-state index is -0.867. The minimum Gasteiger partial charge on any atom is -0.300 e. The van der Waals surface area contributed by atoms with E-state index in [0.29, 0.717) is 9.47 Å². The van der Waals surface area contributed by atoms with Crippen molar-refractivity contribution < 1.29 is 9.83 Å². The van der Waals surface area contributed by atoms with Gasteiger partial charge in [-0.25, -0.2) is 15.1 Å². The second kappa shape index (κ2) is 5.74. The lowest BCUT2D eigenvalue weighted by Crippen LogP contribution is -2.43. The molecule has 98 valence electrons. The fraction of sp³-hybridized carbons (Fsp3) is 0.375. The maximum absolute atomic E-state index is 11.3. The standard InChI is InChI=1S/C8H10ClN5O3S/c1-5(15)12(2)8(11-14(16)17)13(3)6-4-10-7(9)18-6/h4H,1-3H3. The molecule has 0 saturated heterocycles. The third-order valence-corrected chi connectivity index (χ3v) is 3.23. The van der Waals surface area contributed by atoms with Crippen LogP contribution in [0.2, 0.25) is 4.47 Å². The van der Waals surface area contributed by atoms with Gasteiger partial charge in [0, 0.05) is 21.0 Å². The molecule has 0 fully saturated rings. The van der Waals surface area contributed by atoms with Gasteiger partial charge in [-0.15, -0.1) is 0 Å². The molecule has 0 unspecified atom stereocenters. The highest BCUT2D eigenvalue weighted by molar-refractivity contribution is 7.19. The molecule has 0 saturated carbocycles. The van der Waals surface area contributed by atoms with E-state index in [0.717, 1.165) is 16.2 Å². The second-order valence-corrected chi connectivity index (χ2v) is 4.82. The van der Waals surface area contributed by atoms with Crippen LogP contribution in [-0.4, -0.2) is 40.9 Å². The molecule has 8 nitrogen and oxygen atoms in total. The summed E-state index contributed by atoms with van der Waals surface area (Å²) in [4.78, 5) is 28.0. The normalized spacial score (nSPS) is 11.2. The molecule has 1 aromatic heterocycles. The molecule has 0 aromatic carbocycles. The Bertz CT molecular complexity index is 503. The molecule has 0 spiro atoms. The lowest BCUT2D eigenvalue weighted by molar-refractivity contribution is -0.485. The number of aromatic nitrogens is 1. The first-order valence-corrected chi connectivity index (χ1v) is 5.84. The summed E-state index contributed by atoms with van der Waals surface area (Å²) in [7, 11) is 2.93. The van der Waals surface area contributed by atoms with Gasteiger partial charge < -0.3 is 4.90 Å². The Morgan fingerprint density at radius 3 is 2.61 bits per heavy atom. The van der Waals surface area contributed by atoms with Gasteiger partial charge in [0.05, 0.1) is 6.20 Å². The lowest BCUT2D eigenvalue weighted by atomic mass is 10.5. The zero-order valence-electron chi connectivity index (χ0n) is 9.82.